The summed E-state index contributed by atoms with van der Waals surface area (Å²) in [6.07, 6.45) is 3.72. The molecule has 10 heteroatoms. The molecule has 1 saturated heterocycles. The molecule has 1 fully saturated rings. The zero-order chi connectivity index (χ0) is 19.9. The fourth-order valence-corrected chi connectivity index (χ4v) is 2.70. The Balaban J connectivity index is 1.67. The zero-order valence-electron chi connectivity index (χ0n) is 14.1. The molecule has 1 aromatic heterocycles. The molecule has 0 unspecified atom stereocenters. The second-order valence-corrected chi connectivity index (χ2v) is 6.24. The number of para-hydroxylation sites is 1. The summed E-state index contributed by atoms with van der Waals surface area (Å²) in [5.41, 5.74) is 2.93. The predicted octanol–water partition coefficient (Wildman–Crippen LogP) is 1.62. The van der Waals surface area contributed by atoms with Crippen LogP contribution < -0.4 is 15.5 Å². The summed E-state index contributed by atoms with van der Waals surface area (Å²) >= 11 is 0.613. The molecule has 2 N–H and O–H groups in total. The Morgan fingerprint density at radius 2 is 1.93 bits per heavy atom. The Bertz CT molecular complexity index is 1000. The van der Waals surface area contributed by atoms with E-state index in [1.165, 1.54) is 24.5 Å². The maximum atomic E-state index is 12.0. The first-order valence-corrected chi connectivity index (χ1v) is 8.65. The van der Waals surface area contributed by atoms with Crippen molar-refractivity contribution in [3.05, 3.63) is 70.9 Å². The van der Waals surface area contributed by atoms with Gasteiger partial charge in [0.05, 0.1) is 11.1 Å². The Hall–Kier alpha value is -3.79. The second kappa shape index (κ2) is 8.73. The highest BCUT2D eigenvalue weighted by atomic mass is 32.2. The Kier molecular flexibility index (Phi) is 5.92. The number of pyridine rings is 1. The van der Waals surface area contributed by atoms with E-state index < -0.39 is 23.0 Å². The van der Waals surface area contributed by atoms with Crippen molar-refractivity contribution in [3.8, 4) is 5.75 Å². The smallest absolute Gasteiger partial charge is 0.337 e. The van der Waals surface area contributed by atoms with Crippen molar-refractivity contribution in [2.45, 2.75) is 0 Å². The van der Waals surface area contributed by atoms with Crippen LogP contribution in [0, 0.1) is 0 Å². The van der Waals surface area contributed by atoms with Crippen molar-refractivity contribution in [2.24, 2.45) is 5.10 Å². The van der Waals surface area contributed by atoms with Crippen molar-refractivity contribution in [2.75, 3.05) is 0 Å². The van der Waals surface area contributed by atoms with Gasteiger partial charge in [-0.1, -0.05) is 18.2 Å². The topological polar surface area (TPSA) is 127 Å². The number of rotatable bonds is 5. The van der Waals surface area contributed by atoms with Crippen LogP contribution in [-0.2, 0) is 9.59 Å². The van der Waals surface area contributed by atoms with Gasteiger partial charge in [-0.05, 0) is 36.0 Å². The maximum absolute atomic E-state index is 12.0. The highest BCUT2D eigenvalue weighted by Crippen LogP contribution is 2.23. The number of carbonyl (C=O) groups excluding carboxylic acids is 4. The van der Waals surface area contributed by atoms with Crippen molar-refractivity contribution >= 4 is 41.0 Å². The van der Waals surface area contributed by atoms with Gasteiger partial charge in [0, 0.05) is 17.8 Å². The van der Waals surface area contributed by atoms with Gasteiger partial charge in [0.1, 0.15) is 11.4 Å². The summed E-state index contributed by atoms with van der Waals surface area (Å²) in [5.74, 6) is -1.82. The fraction of sp³-hybridized carbons (Fsp3) is 0. The van der Waals surface area contributed by atoms with Gasteiger partial charge in [-0.3, -0.25) is 24.7 Å². The largest absolute Gasteiger partial charge is 0.423 e. The van der Waals surface area contributed by atoms with E-state index in [4.69, 9.17) is 4.74 Å². The molecule has 0 aliphatic carbocycles. The molecule has 140 valence electrons. The first kappa shape index (κ1) is 19.0. The van der Waals surface area contributed by atoms with Gasteiger partial charge in [-0.2, -0.15) is 5.10 Å². The average Bonchev–Trinajstić information content (AvgIpc) is 3.00. The number of thioether (sulfide) groups is 1. The van der Waals surface area contributed by atoms with Crippen molar-refractivity contribution in [3.63, 3.8) is 0 Å². The lowest BCUT2D eigenvalue weighted by molar-refractivity contribution is -0.129. The zero-order valence-corrected chi connectivity index (χ0v) is 14.9. The summed E-state index contributed by atoms with van der Waals surface area (Å²) in [5, 5.41) is 5.31. The van der Waals surface area contributed by atoms with Gasteiger partial charge in [-0.15, -0.1) is 0 Å². The van der Waals surface area contributed by atoms with E-state index in [1.807, 2.05) is 5.32 Å². The summed E-state index contributed by atoms with van der Waals surface area (Å²) in [4.78, 5) is 50.3. The number of amides is 3. The van der Waals surface area contributed by atoms with Gasteiger partial charge in [0.2, 0.25) is 0 Å². The highest BCUT2D eigenvalue weighted by Gasteiger charge is 2.26. The fourth-order valence-electron chi connectivity index (χ4n) is 2.06. The van der Waals surface area contributed by atoms with E-state index in [0.717, 1.165) is 6.08 Å². The molecule has 3 rings (SSSR count). The first-order valence-electron chi connectivity index (χ1n) is 7.83. The minimum Gasteiger partial charge on any atom is -0.423 e. The number of ether oxygens (including phenoxy) is 1. The molecular weight excluding hydrogens is 384 g/mol. The standard InChI is InChI=1S/C18H12N4O5S/c23-15(9-14-17(25)21-18(26)28-14)27-13-7-2-1-5-11(13)10-20-22-16(24)12-6-3-4-8-19-12/h1-10H,(H,22,24)(H,21,25,26)/b14-9+,20-10+. The van der Waals surface area contributed by atoms with E-state index in [-0.39, 0.29) is 16.3 Å². The molecule has 0 radical (unpaired) electrons. The number of hydrogen-bond donors (Lipinski definition) is 2. The Morgan fingerprint density at radius 3 is 2.64 bits per heavy atom. The van der Waals surface area contributed by atoms with Gasteiger partial charge in [-0.25, -0.2) is 10.2 Å². The summed E-state index contributed by atoms with van der Waals surface area (Å²) < 4.78 is 5.20. The summed E-state index contributed by atoms with van der Waals surface area (Å²) in [6.45, 7) is 0. The molecule has 1 aromatic carbocycles. The summed E-state index contributed by atoms with van der Waals surface area (Å²) in [6, 6.07) is 11.4. The summed E-state index contributed by atoms with van der Waals surface area (Å²) in [7, 11) is 0. The van der Waals surface area contributed by atoms with Crippen LogP contribution in [0.2, 0.25) is 0 Å². The van der Waals surface area contributed by atoms with E-state index in [9.17, 15) is 19.2 Å². The van der Waals surface area contributed by atoms with Crippen LogP contribution >= 0.6 is 11.8 Å². The van der Waals surface area contributed by atoms with E-state index in [2.05, 4.69) is 15.5 Å². The minimum absolute atomic E-state index is 0.0521. The SMILES string of the molecule is O=C(/C=C1/SC(=O)NC1=O)Oc1ccccc1/C=N/NC(=O)c1ccccn1. The third-order valence-electron chi connectivity index (χ3n) is 3.29. The molecule has 0 atom stereocenters. The molecule has 2 heterocycles. The van der Waals surface area contributed by atoms with E-state index in [1.54, 1.807) is 30.3 Å². The van der Waals surface area contributed by atoms with Crippen LogP contribution in [-0.4, -0.2) is 34.2 Å². The van der Waals surface area contributed by atoms with Crippen LogP contribution in [0.5, 0.6) is 5.75 Å². The number of hydrazone groups is 1. The van der Waals surface area contributed by atoms with Crippen LogP contribution in [0.1, 0.15) is 16.1 Å². The number of esters is 1. The number of benzene rings is 1. The first-order chi connectivity index (χ1) is 13.5. The van der Waals surface area contributed by atoms with E-state index >= 15 is 0 Å². The molecule has 0 bridgehead atoms. The predicted molar refractivity (Wildman–Crippen MR) is 101 cm³/mol. The molecule has 28 heavy (non-hydrogen) atoms. The number of carbonyl (C=O) groups is 4. The number of nitrogens with one attached hydrogen (secondary N) is 2. The third-order valence-corrected chi connectivity index (χ3v) is 4.10. The average molecular weight is 396 g/mol. The lowest BCUT2D eigenvalue weighted by Crippen LogP contribution is -2.19. The number of hydrogen-bond acceptors (Lipinski definition) is 8. The van der Waals surface area contributed by atoms with Crippen LogP contribution in [0.25, 0.3) is 0 Å². The van der Waals surface area contributed by atoms with Gasteiger partial charge >= 0.3 is 5.97 Å². The molecule has 0 saturated carbocycles. The number of aromatic nitrogens is 1. The lowest BCUT2D eigenvalue weighted by Gasteiger charge is -2.05. The molecular formula is C18H12N4O5S. The minimum atomic E-state index is -0.828. The van der Waals surface area contributed by atoms with Crippen LogP contribution in [0.15, 0.2) is 64.7 Å². The lowest BCUT2D eigenvalue weighted by atomic mass is 10.2. The van der Waals surface area contributed by atoms with Gasteiger partial charge < -0.3 is 4.74 Å². The van der Waals surface area contributed by atoms with E-state index in [0.29, 0.717) is 17.3 Å². The molecule has 1 aliphatic rings. The Labute approximate surface area is 162 Å². The number of imide groups is 1. The molecule has 2 aromatic rings. The maximum Gasteiger partial charge on any atom is 0.337 e. The highest BCUT2D eigenvalue weighted by molar-refractivity contribution is 8.18. The van der Waals surface area contributed by atoms with Crippen molar-refractivity contribution in [1.82, 2.24) is 15.7 Å². The van der Waals surface area contributed by atoms with Crippen molar-refractivity contribution < 1.29 is 23.9 Å². The van der Waals surface area contributed by atoms with Gasteiger partial charge in [0.25, 0.3) is 17.1 Å². The third kappa shape index (κ3) is 4.89. The molecule has 1 aliphatic heterocycles. The molecule has 0 spiro atoms. The quantitative estimate of drug-likeness (QED) is 0.258. The van der Waals surface area contributed by atoms with Crippen LogP contribution in [0.3, 0.4) is 0 Å². The molecule has 9 nitrogen and oxygen atoms in total. The van der Waals surface area contributed by atoms with Gasteiger partial charge in [0.15, 0.2) is 0 Å². The molecule has 3 amide bonds. The number of nitrogens with zero attached hydrogens (tertiary/aromatic N) is 2. The monoisotopic (exact) mass is 396 g/mol. The Morgan fingerprint density at radius 1 is 1.14 bits per heavy atom. The van der Waals surface area contributed by atoms with Crippen molar-refractivity contribution in [1.29, 1.82) is 0 Å². The normalized spacial score (nSPS) is 14.9. The van der Waals surface area contributed by atoms with Crippen LogP contribution in [0.4, 0.5) is 4.79 Å². The second-order valence-electron chi connectivity index (χ2n) is 5.23.